The lowest BCUT2D eigenvalue weighted by atomic mass is 9.75. The summed E-state index contributed by atoms with van der Waals surface area (Å²) in [5.41, 5.74) is -1.01. The number of carbonyl (C=O) groups is 3. The Morgan fingerprint density at radius 3 is 2.35 bits per heavy atom. The smallest absolute Gasteiger partial charge is 0.430 e. The Morgan fingerprint density at radius 2 is 1.78 bits per heavy atom. The van der Waals surface area contributed by atoms with Crippen molar-refractivity contribution in [2.75, 3.05) is 33.0 Å². The van der Waals surface area contributed by atoms with Gasteiger partial charge in [-0.3, -0.25) is 9.69 Å². The van der Waals surface area contributed by atoms with E-state index in [-0.39, 0.29) is 24.3 Å². The number of rotatable bonds is 17. The van der Waals surface area contributed by atoms with Crippen molar-refractivity contribution < 1.29 is 33.3 Å². The summed E-state index contributed by atoms with van der Waals surface area (Å²) >= 11 is 17.1. The molecular formula is C26H44Cl3NO7. The number of nitrogens with zero attached hydrogens (tertiary/aromatic N) is 1. The van der Waals surface area contributed by atoms with Crippen molar-refractivity contribution in [2.45, 2.75) is 95.8 Å². The van der Waals surface area contributed by atoms with Crippen LogP contribution in [0.15, 0.2) is 0 Å². The van der Waals surface area contributed by atoms with Gasteiger partial charge in [-0.25, -0.2) is 4.79 Å². The van der Waals surface area contributed by atoms with E-state index in [4.69, 9.17) is 53.8 Å². The third kappa shape index (κ3) is 11.2. The van der Waals surface area contributed by atoms with Crippen LogP contribution in [-0.2, 0) is 28.5 Å². The lowest BCUT2D eigenvalue weighted by molar-refractivity contribution is -0.166. The van der Waals surface area contributed by atoms with Crippen molar-refractivity contribution in [2.24, 2.45) is 17.3 Å². The number of carbonyl (C=O) groups excluding carboxylic acids is 3. The Hall–Kier alpha value is -0.640. The fraction of sp³-hybridized carbons (Fsp3) is 0.885. The van der Waals surface area contributed by atoms with Gasteiger partial charge in [0.15, 0.2) is 0 Å². The maximum absolute atomic E-state index is 14.0. The molecule has 0 aliphatic carbocycles. The molecule has 0 bridgehead atoms. The average Bonchev–Trinajstić information content (AvgIpc) is 3.31. The molecule has 216 valence electrons. The number of ketones is 1. The summed E-state index contributed by atoms with van der Waals surface area (Å²) < 4.78 is 20.7. The predicted octanol–water partition coefficient (Wildman–Crippen LogP) is 5.98. The van der Waals surface area contributed by atoms with Crippen LogP contribution in [0.4, 0.5) is 4.79 Å². The predicted molar refractivity (Wildman–Crippen MR) is 145 cm³/mol. The summed E-state index contributed by atoms with van der Waals surface area (Å²) in [4.78, 5) is 40.2. The third-order valence-corrected chi connectivity index (χ3v) is 6.94. The summed E-state index contributed by atoms with van der Waals surface area (Å²) in [5.74, 6) is -1.22. The minimum absolute atomic E-state index is 0.162. The van der Waals surface area contributed by atoms with Gasteiger partial charge in [0.05, 0.1) is 24.0 Å². The fourth-order valence-corrected chi connectivity index (χ4v) is 4.83. The molecule has 1 rings (SSSR count). The standard InChI is InChI=1S/C26H44Cl3NO7/c1-7-9-14-34-16-18(3)21(37-24(33)36-17-26(27,28)29)19(4)22(32)25(5,6)23(35-13-8-2)30-12-10-11-20(30)15-31/h15,18-21,23H,7-14,16-17H2,1-6H3/t18-,19+,20-,21-,23?/m0/s1. The van der Waals surface area contributed by atoms with Crippen molar-refractivity contribution in [3.63, 3.8) is 0 Å². The number of hydrogen-bond donors (Lipinski definition) is 0. The minimum atomic E-state index is -1.79. The summed E-state index contributed by atoms with van der Waals surface area (Å²) in [7, 11) is 0. The average molecular weight is 589 g/mol. The molecule has 0 radical (unpaired) electrons. The fourth-order valence-electron chi connectivity index (χ4n) is 4.67. The molecule has 0 aromatic heterocycles. The van der Waals surface area contributed by atoms with Gasteiger partial charge in [0.2, 0.25) is 3.79 Å². The first-order valence-electron chi connectivity index (χ1n) is 13.1. The van der Waals surface area contributed by atoms with Gasteiger partial charge in [-0.1, -0.05) is 68.9 Å². The van der Waals surface area contributed by atoms with Gasteiger partial charge in [-0.15, -0.1) is 0 Å². The molecular weight excluding hydrogens is 545 g/mol. The minimum Gasteiger partial charge on any atom is -0.430 e. The van der Waals surface area contributed by atoms with Gasteiger partial charge < -0.3 is 23.7 Å². The molecule has 0 spiro atoms. The highest BCUT2D eigenvalue weighted by molar-refractivity contribution is 6.67. The number of alkyl halides is 3. The number of hydrogen-bond acceptors (Lipinski definition) is 8. The van der Waals surface area contributed by atoms with Crippen LogP contribution in [0.2, 0.25) is 0 Å². The van der Waals surface area contributed by atoms with Crippen LogP contribution in [0.25, 0.3) is 0 Å². The molecule has 0 aromatic rings. The largest absolute Gasteiger partial charge is 0.508 e. The summed E-state index contributed by atoms with van der Waals surface area (Å²) in [5, 5.41) is 0. The topological polar surface area (TPSA) is 91.4 Å². The van der Waals surface area contributed by atoms with Gasteiger partial charge in [-0.2, -0.15) is 0 Å². The molecule has 1 fully saturated rings. The zero-order valence-corrected chi connectivity index (χ0v) is 25.2. The zero-order chi connectivity index (χ0) is 28.2. The van der Waals surface area contributed by atoms with Crippen LogP contribution in [0, 0.1) is 17.3 Å². The Kier molecular flexibility index (Phi) is 15.3. The SMILES string of the molecule is CCCCOC[C@H](C)[C@H](OC(=O)OCC(Cl)(Cl)Cl)[C@@H](C)C(=O)C(C)(C)C(OCCC)N1CCC[C@H]1C=O. The number of aldehydes is 1. The summed E-state index contributed by atoms with van der Waals surface area (Å²) in [6.07, 6.45) is 2.65. The molecule has 0 N–H and O–H groups in total. The van der Waals surface area contributed by atoms with Crippen LogP contribution in [0.1, 0.15) is 73.6 Å². The maximum Gasteiger partial charge on any atom is 0.508 e. The molecule has 0 amide bonds. The van der Waals surface area contributed by atoms with Crippen molar-refractivity contribution >= 4 is 53.0 Å². The molecule has 5 atom stereocenters. The summed E-state index contributed by atoms with van der Waals surface area (Å²) in [6, 6.07) is -0.306. The lowest BCUT2D eigenvalue weighted by Gasteiger charge is -2.42. The molecule has 1 aliphatic rings. The monoisotopic (exact) mass is 587 g/mol. The molecule has 1 saturated heterocycles. The van der Waals surface area contributed by atoms with E-state index in [2.05, 4.69) is 6.92 Å². The van der Waals surface area contributed by atoms with E-state index in [1.54, 1.807) is 6.92 Å². The van der Waals surface area contributed by atoms with Crippen LogP contribution in [-0.4, -0.2) is 78.3 Å². The number of likely N-dealkylation sites (tertiary alicyclic amines) is 1. The zero-order valence-electron chi connectivity index (χ0n) is 23.0. The second-order valence-electron chi connectivity index (χ2n) is 10.3. The van der Waals surface area contributed by atoms with Gasteiger partial charge in [0.1, 0.15) is 31.0 Å². The van der Waals surface area contributed by atoms with E-state index in [0.717, 1.165) is 38.4 Å². The van der Waals surface area contributed by atoms with Crippen LogP contribution < -0.4 is 0 Å². The van der Waals surface area contributed by atoms with E-state index in [0.29, 0.717) is 19.8 Å². The van der Waals surface area contributed by atoms with Crippen molar-refractivity contribution in [1.82, 2.24) is 4.90 Å². The van der Waals surface area contributed by atoms with Gasteiger partial charge in [0, 0.05) is 25.7 Å². The van der Waals surface area contributed by atoms with E-state index in [9.17, 15) is 14.4 Å². The molecule has 0 saturated carbocycles. The number of Topliss-reactive ketones (excluding diaryl/α,β-unsaturated/α-hetero) is 1. The number of unbranched alkanes of at least 4 members (excludes halogenated alkanes) is 1. The van der Waals surface area contributed by atoms with Crippen molar-refractivity contribution in [3.8, 4) is 0 Å². The molecule has 37 heavy (non-hydrogen) atoms. The highest BCUT2D eigenvalue weighted by Gasteiger charge is 2.48. The first-order valence-corrected chi connectivity index (χ1v) is 14.3. The highest BCUT2D eigenvalue weighted by Crippen LogP contribution is 2.36. The van der Waals surface area contributed by atoms with E-state index in [1.807, 2.05) is 32.6 Å². The first kappa shape index (κ1) is 34.4. The Balaban J connectivity index is 3.16. The van der Waals surface area contributed by atoms with E-state index >= 15 is 0 Å². The molecule has 1 heterocycles. The van der Waals surface area contributed by atoms with Crippen LogP contribution >= 0.6 is 34.8 Å². The van der Waals surface area contributed by atoms with Crippen molar-refractivity contribution in [1.29, 1.82) is 0 Å². The Bertz CT molecular complexity index is 717. The second kappa shape index (κ2) is 16.5. The van der Waals surface area contributed by atoms with Gasteiger partial charge in [-0.05, 0) is 39.5 Å². The number of ether oxygens (including phenoxy) is 4. The highest BCUT2D eigenvalue weighted by atomic mass is 35.6. The molecule has 1 unspecified atom stereocenters. The molecule has 0 aromatic carbocycles. The molecule has 1 aliphatic heterocycles. The lowest BCUT2D eigenvalue weighted by Crippen LogP contribution is -2.55. The molecule has 8 nitrogen and oxygen atoms in total. The summed E-state index contributed by atoms with van der Waals surface area (Å²) in [6.45, 7) is 12.7. The number of halogens is 3. The Labute approximate surface area is 236 Å². The second-order valence-corrected chi connectivity index (χ2v) is 12.8. The molecule has 11 heteroatoms. The van der Waals surface area contributed by atoms with Crippen LogP contribution in [0.3, 0.4) is 0 Å². The van der Waals surface area contributed by atoms with Gasteiger partial charge in [0.25, 0.3) is 0 Å². The quantitative estimate of drug-likeness (QED) is 0.0887. The first-order chi connectivity index (χ1) is 17.3. The van der Waals surface area contributed by atoms with E-state index in [1.165, 1.54) is 0 Å². The normalized spacial score (nSPS) is 20.2. The third-order valence-electron chi connectivity index (χ3n) is 6.61. The van der Waals surface area contributed by atoms with Crippen molar-refractivity contribution in [3.05, 3.63) is 0 Å². The van der Waals surface area contributed by atoms with E-state index < -0.39 is 40.2 Å². The Morgan fingerprint density at radius 1 is 1.11 bits per heavy atom. The maximum atomic E-state index is 14.0. The van der Waals surface area contributed by atoms with Crippen LogP contribution in [0.5, 0.6) is 0 Å². The van der Waals surface area contributed by atoms with Gasteiger partial charge >= 0.3 is 6.16 Å².